The van der Waals surface area contributed by atoms with Crippen LogP contribution in [0, 0.1) is 5.41 Å². The zero-order chi connectivity index (χ0) is 16.7. The molecule has 1 atom stereocenters. The van der Waals surface area contributed by atoms with E-state index in [4.69, 9.17) is 10.1 Å². The van der Waals surface area contributed by atoms with Gasteiger partial charge in [0, 0.05) is 17.3 Å². The predicted octanol–water partition coefficient (Wildman–Crippen LogP) is 3.05. The summed E-state index contributed by atoms with van der Waals surface area (Å²) < 4.78 is 10.3. The molecular formula is C15H27BrN2O3. The van der Waals surface area contributed by atoms with E-state index in [1.807, 2.05) is 14.0 Å². The highest BCUT2D eigenvalue weighted by molar-refractivity contribution is 9.12. The minimum Gasteiger partial charge on any atom is -0.465 e. The fourth-order valence-electron chi connectivity index (χ4n) is 1.34. The van der Waals surface area contributed by atoms with Crippen LogP contribution in [0.5, 0.6) is 0 Å². The summed E-state index contributed by atoms with van der Waals surface area (Å²) in [6.45, 7) is 9.53. The summed E-state index contributed by atoms with van der Waals surface area (Å²) >= 11 is 3.02. The van der Waals surface area contributed by atoms with Crippen LogP contribution in [0.1, 0.15) is 26.7 Å². The Morgan fingerprint density at radius 3 is 2.48 bits per heavy atom. The number of nitrogens with one attached hydrogen (secondary N) is 2. The maximum atomic E-state index is 10.7. The summed E-state index contributed by atoms with van der Waals surface area (Å²) in [6.07, 6.45) is 5.18. The smallest absolute Gasteiger partial charge is 0.337 e. The molecule has 6 heteroatoms. The molecule has 0 rings (SSSR count). The molecule has 0 bridgehead atoms. The van der Waals surface area contributed by atoms with Crippen molar-refractivity contribution in [3.63, 3.8) is 0 Å². The highest BCUT2D eigenvalue weighted by Crippen LogP contribution is 2.06. The molecule has 1 unspecified atom stereocenters. The van der Waals surface area contributed by atoms with E-state index in [2.05, 4.69) is 39.5 Å². The molecule has 0 heterocycles. The highest BCUT2D eigenvalue weighted by atomic mass is 79.9. The normalized spacial score (nSPS) is 12.0. The molecule has 122 valence electrons. The molecule has 0 aromatic heterocycles. The van der Waals surface area contributed by atoms with E-state index in [1.165, 1.54) is 13.2 Å². The van der Waals surface area contributed by atoms with Crippen molar-refractivity contribution in [2.24, 2.45) is 0 Å². The summed E-state index contributed by atoms with van der Waals surface area (Å²) in [5.41, 5.74) is 0.211. The van der Waals surface area contributed by atoms with E-state index < -0.39 is 5.97 Å². The number of esters is 1. The third-order valence-corrected chi connectivity index (χ3v) is 2.93. The average molecular weight is 363 g/mol. The van der Waals surface area contributed by atoms with Crippen molar-refractivity contribution in [1.82, 2.24) is 5.32 Å². The summed E-state index contributed by atoms with van der Waals surface area (Å²) in [5.74, 6) is -0.496. The third-order valence-electron chi connectivity index (χ3n) is 2.47. The molecule has 0 aliphatic heterocycles. The molecule has 0 saturated heterocycles. The van der Waals surface area contributed by atoms with Crippen molar-refractivity contribution in [2.45, 2.75) is 32.8 Å². The van der Waals surface area contributed by atoms with Gasteiger partial charge in [-0.2, -0.15) is 0 Å². The quantitative estimate of drug-likeness (QED) is 0.286. The van der Waals surface area contributed by atoms with Gasteiger partial charge >= 0.3 is 5.97 Å². The van der Waals surface area contributed by atoms with Crippen LogP contribution in [0.15, 0.2) is 22.7 Å². The lowest BCUT2D eigenvalue weighted by molar-refractivity contribution is -0.135. The summed E-state index contributed by atoms with van der Waals surface area (Å²) in [6, 6.07) is 0. The second-order valence-electron chi connectivity index (χ2n) is 4.07. The zero-order valence-electron chi connectivity index (χ0n) is 13.4. The maximum Gasteiger partial charge on any atom is 0.337 e. The first-order chi connectivity index (χ1) is 9.96. The van der Waals surface area contributed by atoms with Crippen LogP contribution in [0.4, 0.5) is 0 Å². The lowest BCUT2D eigenvalue weighted by Gasteiger charge is -2.13. The van der Waals surface area contributed by atoms with Gasteiger partial charge in [-0.15, -0.1) is 0 Å². The SMILES string of the molecule is C=C(/C=C(/Br)C=N)C(=O)OC.CCOC(CC)CCNC. The fourth-order valence-corrected chi connectivity index (χ4v) is 1.62. The van der Waals surface area contributed by atoms with Crippen molar-refractivity contribution in [3.05, 3.63) is 22.7 Å². The van der Waals surface area contributed by atoms with Gasteiger partial charge in [-0.3, -0.25) is 0 Å². The number of methoxy groups -OCH3 is 1. The standard InChI is InChI=1S/C8H19NO.C7H8BrNO2/c1-4-8(10-5-2)6-7-9-3;1-5(7(10)11-2)3-6(8)4-9/h8-9H,4-7H2,1-3H3;3-4,9H,1H2,2H3/b;6-3+,9-4?. The van der Waals surface area contributed by atoms with Gasteiger partial charge in [0.25, 0.3) is 0 Å². The van der Waals surface area contributed by atoms with Crippen LogP contribution in [-0.4, -0.2) is 45.6 Å². The maximum absolute atomic E-state index is 10.7. The van der Waals surface area contributed by atoms with Crippen LogP contribution in [-0.2, 0) is 14.3 Å². The van der Waals surface area contributed by atoms with Crippen molar-refractivity contribution in [3.8, 4) is 0 Å². The summed E-state index contributed by atoms with van der Waals surface area (Å²) in [5, 5.41) is 9.88. The third kappa shape index (κ3) is 13.7. The largest absolute Gasteiger partial charge is 0.465 e. The number of carbonyl (C=O) groups is 1. The Kier molecular flexibility index (Phi) is 16.4. The van der Waals surface area contributed by atoms with Crippen LogP contribution < -0.4 is 5.32 Å². The molecule has 5 nitrogen and oxygen atoms in total. The fraction of sp³-hybridized carbons (Fsp3) is 0.600. The Labute approximate surface area is 136 Å². The van der Waals surface area contributed by atoms with Crippen LogP contribution >= 0.6 is 15.9 Å². The molecule has 2 N–H and O–H groups in total. The zero-order valence-corrected chi connectivity index (χ0v) is 15.0. The van der Waals surface area contributed by atoms with E-state index in [9.17, 15) is 4.79 Å². The second kappa shape index (κ2) is 15.4. The van der Waals surface area contributed by atoms with Crippen LogP contribution in [0.3, 0.4) is 0 Å². The van der Waals surface area contributed by atoms with Crippen molar-refractivity contribution in [2.75, 3.05) is 27.3 Å². The van der Waals surface area contributed by atoms with Gasteiger partial charge in [0.2, 0.25) is 0 Å². The Morgan fingerprint density at radius 2 is 2.10 bits per heavy atom. The minimum absolute atomic E-state index is 0.211. The molecule has 0 spiro atoms. The van der Waals surface area contributed by atoms with Gasteiger partial charge < -0.3 is 20.2 Å². The molecular weight excluding hydrogens is 336 g/mol. The van der Waals surface area contributed by atoms with Gasteiger partial charge in [0.1, 0.15) is 0 Å². The number of rotatable bonds is 9. The highest BCUT2D eigenvalue weighted by Gasteiger charge is 2.03. The molecule has 21 heavy (non-hydrogen) atoms. The summed E-state index contributed by atoms with van der Waals surface area (Å²) in [4.78, 5) is 10.7. The molecule has 0 radical (unpaired) electrons. The molecule has 0 fully saturated rings. The van der Waals surface area contributed by atoms with Gasteiger partial charge in [-0.05, 0) is 55.4 Å². The van der Waals surface area contributed by atoms with Crippen LogP contribution in [0.25, 0.3) is 0 Å². The van der Waals surface area contributed by atoms with Gasteiger partial charge in [0.15, 0.2) is 0 Å². The Hall–Kier alpha value is -0.980. The lowest BCUT2D eigenvalue weighted by Crippen LogP contribution is -2.19. The average Bonchev–Trinajstić information content (AvgIpc) is 2.50. The molecule has 0 amide bonds. The van der Waals surface area contributed by atoms with E-state index >= 15 is 0 Å². The number of halogens is 1. The monoisotopic (exact) mass is 362 g/mol. The molecule has 0 aliphatic carbocycles. The van der Waals surface area contributed by atoms with Gasteiger partial charge in [0.05, 0.1) is 18.8 Å². The van der Waals surface area contributed by atoms with Gasteiger partial charge in [-0.1, -0.05) is 13.5 Å². The first-order valence-corrected chi connectivity index (χ1v) is 7.67. The molecule has 0 aromatic carbocycles. The molecule has 0 aromatic rings. The van der Waals surface area contributed by atoms with E-state index in [-0.39, 0.29) is 5.57 Å². The predicted molar refractivity (Wildman–Crippen MR) is 91.2 cm³/mol. The second-order valence-corrected chi connectivity index (χ2v) is 4.98. The number of carbonyl (C=O) groups excluding carboxylic acids is 1. The Morgan fingerprint density at radius 1 is 1.48 bits per heavy atom. The van der Waals surface area contributed by atoms with E-state index in [0.29, 0.717) is 10.6 Å². The Bertz CT molecular complexity index is 344. The number of ether oxygens (including phenoxy) is 2. The minimum atomic E-state index is -0.496. The topological polar surface area (TPSA) is 71.4 Å². The van der Waals surface area contributed by atoms with E-state index in [0.717, 1.165) is 32.2 Å². The number of hydrogen-bond acceptors (Lipinski definition) is 5. The first kappa shape index (κ1) is 22.3. The molecule has 0 saturated carbocycles. The van der Waals surface area contributed by atoms with Gasteiger partial charge in [-0.25, -0.2) is 4.79 Å². The number of hydrogen-bond donors (Lipinski definition) is 2. The van der Waals surface area contributed by atoms with Crippen molar-refractivity contribution in [1.29, 1.82) is 5.41 Å². The summed E-state index contributed by atoms with van der Waals surface area (Å²) in [7, 11) is 3.25. The lowest BCUT2D eigenvalue weighted by atomic mass is 10.2. The molecule has 0 aliphatic rings. The number of allylic oxidation sites excluding steroid dienone is 1. The van der Waals surface area contributed by atoms with Crippen molar-refractivity contribution >= 4 is 28.1 Å². The van der Waals surface area contributed by atoms with Crippen molar-refractivity contribution < 1.29 is 14.3 Å². The first-order valence-electron chi connectivity index (χ1n) is 6.87. The van der Waals surface area contributed by atoms with Crippen LogP contribution in [0.2, 0.25) is 0 Å². The Balaban J connectivity index is 0. The van der Waals surface area contributed by atoms with E-state index in [1.54, 1.807) is 0 Å².